The highest BCUT2D eigenvalue weighted by Crippen LogP contribution is 2.34. The molecule has 20 heavy (non-hydrogen) atoms. The molecule has 1 atom stereocenters. The van der Waals surface area contributed by atoms with Crippen molar-refractivity contribution >= 4 is 27.3 Å². The third-order valence-electron chi connectivity index (χ3n) is 4.12. The molecule has 1 heterocycles. The van der Waals surface area contributed by atoms with Gasteiger partial charge in [0.1, 0.15) is 0 Å². The Morgan fingerprint density at radius 2 is 2.15 bits per heavy atom. The van der Waals surface area contributed by atoms with Gasteiger partial charge >= 0.3 is 0 Å². The van der Waals surface area contributed by atoms with Gasteiger partial charge in [0.2, 0.25) is 0 Å². The van der Waals surface area contributed by atoms with Gasteiger partial charge in [-0.05, 0) is 48.2 Å². The number of nitrogens with zero attached hydrogens (tertiary/aromatic N) is 2. The molecule has 1 saturated heterocycles. The summed E-state index contributed by atoms with van der Waals surface area (Å²) in [5.41, 5.74) is 1.68. The first-order valence-electron chi connectivity index (χ1n) is 6.99. The Labute approximate surface area is 126 Å². The molecule has 0 radical (unpaired) electrons. The molecule has 108 valence electrons. The van der Waals surface area contributed by atoms with Crippen LogP contribution in [0.25, 0.3) is 0 Å². The van der Waals surface area contributed by atoms with Crippen LogP contribution in [0.1, 0.15) is 24.8 Å². The number of likely N-dealkylation sites (tertiary alicyclic amines) is 1. The van der Waals surface area contributed by atoms with E-state index in [1.54, 1.807) is 13.0 Å². The van der Waals surface area contributed by atoms with Crippen molar-refractivity contribution < 1.29 is 4.92 Å². The molecule has 1 unspecified atom stereocenters. The molecule has 2 fully saturated rings. The molecule has 1 aliphatic heterocycles. The minimum Gasteiger partial charge on any atom is -0.380 e. The largest absolute Gasteiger partial charge is 0.380 e. The van der Waals surface area contributed by atoms with E-state index in [1.807, 2.05) is 6.07 Å². The summed E-state index contributed by atoms with van der Waals surface area (Å²) in [6.07, 6.45) is 3.75. The molecule has 3 rings (SSSR count). The fourth-order valence-electron chi connectivity index (χ4n) is 2.86. The lowest BCUT2D eigenvalue weighted by Gasteiger charge is -2.17. The molecule has 2 aliphatic rings. The van der Waals surface area contributed by atoms with E-state index in [0.29, 0.717) is 11.6 Å². The quantitative estimate of drug-likeness (QED) is 0.675. The van der Waals surface area contributed by atoms with Gasteiger partial charge in [0.15, 0.2) is 0 Å². The molecule has 0 aromatic heterocycles. The van der Waals surface area contributed by atoms with Crippen molar-refractivity contribution in [1.29, 1.82) is 0 Å². The average molecular weight is 340 g/mol. The highest BCUT2D eigenvalue weighted by molar-refractivity contribution is 9.10. The second-order valence-corrected chi connectivity index (χ2v) is 6.59. The van der Waals surface area contributed by atoms with Crippen LogP contribution in [0.15, 0.2) is 16.6 Å². The summed E-state index contributed by atoms with van der Waals surface area (Å²) in [5, 5.41) is 14.5. The van der Waals surface area contributed by atoms with Crippen molar-refractivity contribution in [3.05, 3.63) is 32.3 Å². The Bertz CT molecular complexity index is 545. The van der Waals surface area contributed by atoms with Gasteiger partial charge in [0.05, 0.1) is 10.6 Å². The Morgan fingerprint density at radius 1 is 1.40 bits per heavy atom. The fourth-order valence-corrected chi connectivity index (χ4v) is 3.44. The summed E-state index contributed by atoms with van der Waals surface area (Å²) >= 11 is 3.50. The molecule has 1 aromatic carbocycles. The van der Waals surface area contributed by atoms with Crippen molar-refractivity contribution in [2.24, 2.45) is 0 Å². The predicted molar refractivity (Wildman–Crippen MR) is 82.2 cm³/mol. The van der Waals surface area contributed by atoms with E-state index < -0.39 is 0 Å². The molecule has 0 amide bonds. The smallest absolute Gasteiger partial charge is 0.274 e. The number of rotatable bonds is 4. The van der Waals surface area contributed by atoms with Crippen LogP contribution >= 0.6 is 15.9 Å². The van der Waals surface area contributed by atoms with Crippen LogP contribution in [0.5, 0.6) is 0 Å². The van der Waals surface area contributed by atoms with Crippen molar-refractivity contribution in [1.82, 2.24) is 4.90 Å². The number of aryl methyl sites for hydroxylation is 1. The zero-order valence-electron chi connectivity index (χ0n) is 11.4. The maximum atomic E-state index is 11.0. The molecule has 1 saturated carbocycles. The van der Waals surface area contributed by atoms with E-state index in [4.69, 9.17) is 0 Å². The van der Waals surface area contributed by atoms with Gasteiger partial charge in [-0.15, -0.1) is 0 Å². The predicted octanol–water partition coefficient (Wildman–Crippen LogP) is 3.31. The summed E-state index contributed by atoms with van der Waals surface area (Å²) in [5.74, 6) is 0. The lowest BCUT2D eigenvalue weighted by Crippen LogP contribution is -2.27. The summed E-state index contributed by atoms with van der Waals surface area (Å²) in [7, 11) is 0. The standard InChI is InChI=1S/C14H18BrN3O2/c1-9-6-12(15)13(7-14(9)18(19)20)16-10-4-5-17(8-10)11-2-3-11/h6-7,10-11,16H,2-5,8H2,1H3. The van der Waals surface area contributed by atoms with Gasteiger partial charge in [-0.1, -0.05) is 0 Å². The van der Waals surface area contributed by atoms with Crippen molar-refractivity contribution in [3.63, 3.8) is 0 Å². The molecule has 1 aliphatic carbocycles. The van der Waals surface area contributed by atoms with E-state index in [-0.39, 0.29) is 10.6 Å². The van der Waals surface area contributed by atoms with E-state index in [0.717, 1.165) is 35.7 Å². The summed E-state index contributed by atoms with van der Waals surface area (Å²) in [6, 6.07) is 4.62. The Morgan fingerprint density at radius 3 is 2.80 bits per heavy atom. The first-order valence-corrected chi connectivity index (χ1v) is 7.79. The summed E-state index contributed by atoms with van der Waals surface area (Å²) in [4.78, 5) is 13.2. The zero-order valence-corrected chi connectivity index (χ0v) is 13.0. The third-order valence-corrected chi connectivity index (χ3v) is 4.78. The van der Waals surface area contributed by atoms with E-state index >= 15 is 0 Å². The Kier molecular flexibility index (Phi) is 3.69. The SMILES string of the molecule is Cc1cc(Br)c(NC2CCN(C3CC3)C2)cc1[N+](=O)[O-]. The van der Waals surface area contributed by atoms with Gasteiger partial charge in [0.25, 0.3) is 5.69 Å². The number of anilines is 1. The van der Waals surface area contributed by atoms with Gasteiger partial charge in [0, 0.05) is 41.3 Å². The van der Waals surface area contributed by atoms with Gasteiger partial charge < -0.3 is 5.32 Å². The number of nitro benzene ring substituents is 1. The highest BCUT2D eigenvalue weighted by atomic mass is 79.9. The summed E-state index contributed by atoms with van der Waals surface area (Å²) in [6.45, 7) is 3.93. The minimum atomic E-state index is -0.321. The van der Waals surface area contributed by atoms with E-state index in [9.17, 15) is 10.1 Å². The molecule has 1 N–H and O–H groups in total. The number of nitro groups is 1. The first kappa shape index (κ1) is 13.8. The second kappa shape index (κ2) is 5.33. The van der Waals surface area contributed by atoms with Crippen LogP contribution < -0.4 is 5.32 Å². The van der Waals surface area contributed by atoms with Crippen LogP contribution in [-0.2, 0) is 0 Å². The van der Waals surface area contributed by atoms with Crippen LogP contribution in [0.3, 0.4) is 0 Å². The maximum Gasteiger partial charge on any atom is 0.274 e. The van der Waals surface area contributed by atoms with Crippen LogP contribution in [0.2, 0.25) is 0 Å². The average Bonchev–Trinajstić information content (AvgIpc) is 3.13. The molecule has 1 aromatic rings. The molecule has 0 spiro atoms. The molecule has 6 heteroatoms. The molecule has 5 nitrogen and oxygen atoms in total. The lowest BCUT2D eigenvalue weighted by molar-refractivity contribution is -0.385. The minimum absolute atomic E-state index is 0.174. The third kappa shape index (κ3) is 2.81. The maximum absolute atomic E-state index is 11.0. The monoisotopic (exact) mass is 339 g/mol. The van der Waals surface area contributed by atoms with Crippen LogP contribution in [0.4, 0.5) is 11.4 Å². The number of benzene rings is 1. The Balaban J connectivity index is 1.73. The zero-order chi connectivity index (χ0) is 14.3. The van der Waals surface area contributed by atoms with Gasteiger partial charge in [-0.2, -0.15) is 0 Å². The number of hydrogen-bond acceptors (Lipinski definition) is 4. The molecular weight excluding hydrogens is 322 g/mol. The van der Waals surface area contributed by atoms with Gasteiger partial charge in [-0.3, -0.25) is 15.0 Å². The van der Waals surface area contributed by atoms with Gasteiger partial charge in [-0.25, -0.2) is 0 Å². The first-order chi connectivity index (χ1) is 9.54. The van der Waals surface area contributed by atoms with Crippen LogP contribution in [0, 0.1) is 17.0 Å². The fraction of sp³-hybridized carbons (Fsp3) is 0.571. The van der Waals surface area contributed by atoms with Crippen LogP contribution in [-0.4, -0.2) is 35.0 Å². The van der Waals surface area contributed by atoms with Crippen molar-refractivity contribution in [2.45, 2.75) is 38.3 Å². The number of nitrogens with one attached hydrogen (secondary N) is 1. The van der Waals surface area contributed by atoms with E-state index in [1.165, 1.54) is 12.8 Å². The number of halogens is 1. The Hall–Kier alpha value is -1.14. The normalized spacial score (nSPS) is 23.0. The molecular formula is C14H18BrN3O2. The molecule has 0 bridgehead atoms. The topological polar surface area (TPSA) is 58.4 Å². The number of hydrogen-bond donors (Lipinski definition) is 1. The summed E-state index contributed by atoms with van der Waals surface area (Å²) < 4.78 is 0.894. The highest BCUT2D eigenvalue weighted by Gasteiger charge is 2.34. The van der Waals surface area contributed by atoms with Crippen molar-refractivity contribution in [3.8, 4) is 0 Å². The van der Waals surface area contributed by atoms with E-state index in [2.05, 4.69) is 26.1 Å². The van der Waals surface area contributed by atoms with Crippen molar-refractivity contribution in [2.75, 3.05) is 18.4 Å². The lowest BCUT2D eigenvalue weighted by atomic mass is 10.1. The second-order valence-electron chi connectivity index (χ2n) is 5.73.